The van der Waals surface area contributed by atoms with Crippen molar-refractivity contribution in [1.29, 1.82) is 0 Å². The van der Waals surface area contributed by atoms with Crippen LogP contribution in [0.4, 0.5) is 0 Å². The highest BCUT2D eigenvalue weighted by molar-refractivity contribution is 9.10. The number of nitrogens with zero attached hydrogens (tertiary/aromatic N) is 2. The number of rotatable bonds is 2. The van der Waals surface area contributed by atoms with E-state index in [1.54, 1.807) is 6.20 Å². The molecule has 1 saturated carbocycles. The minimum absolute atomic E-state index is 0. The van der Waals surface area contributed by atoms with Crippen LogP contribution in [-0.4, -0.2) is 35.6 Å². The summed E-state index contributed by atoms with van der Waals surface area (Å²) in [5.74, 6) is 3.14. The molecule has 104 valence electrons. The van der Waals surface area contributed by atoms with Crippen molar-refractivity contribution in [2.75, 3.05) is 19.6 Å². The Labute approximate surface area is 128 Å². The highest BCUT2D eigenvalue weighted by atomic mass is 79.9. The molecule has 0 unspecified atom stereocenters. The van der Waals surface area contributed by atoms with Crippen LogP contribution in [0.2, 0.25) is 0 Å². The molecule has 0 N–H and O–H groups in total. The Hall–Kier alpha value is -0.320. The van der Waals surface area contributed by atoms with Crippen LogP contribution >= 0.6 is 28.3 Å². The van der Waals surface area contributed by atoms with Crippen molar-refractivity contribution in [3.05, 3.63) is 22.8 Å². The summed E-state index contributed by atoms with van der Waals surface area (Å²) in [5.41, 5.74) is 0. The van der Waals surface area contributed by atoms with Crippen LogP contribution in [0.1, 0.15) is 12.8 Å². The van der Waals surface area contributed by atoms with Crippen LogP contribution in [0.15, 0.2) is 22.8 Å². The topological polar surface area (TPSA) is 25.4 Å². The van der Waals surface area contributed by atoms with E-state index in [4.69, 9.17) is 4.74 Å². The average molecular weight is 346 g/mol. The van der Waals surface area contributed by atoms with E-state index in [9.17, 15) is 0 Å². The first kappa shape index (κ1) is 13.7. The van der Waals surface area contributed by atoms with Crippen molar-refractivity contribution in [3.63, 3.8) is 0 Å². The lowest BCUT2D eigenvalue weighted by Crippen LogP contribution is -2.61. The van der Waals surface area contributed by atoms with Gasteiger partial charge in [0.15, 0.2) is 0 Å². The molecule has 5 heteroatoms. The first-order valence-corrected chi connectivity index (χ1v) is 7.58. The molecule has 1 aromatic rings. The first-order valence-electron chi connectivity index (χ1n) is 6.78. The van der Waals surface area contributed by atoms with Crippen molar-refractivity contribution in [1.82, 2.24) is 9.88 Å². The predicted molar refractivity (Wildman–Crippen MR) is 79.7 cm³/mol. The lowest BCUT2D eigenvalue weighted by molar-refractivity contribution is -0.0997. The zero-order valence-electron chi connectivity index (χ0n) is 10.7. The number of hydrogen-bond acceptors (Lipinski definition) is 3. The Kier molecular flexibility index (Phi) is 3.76. The SMILES string of the molecule is Brc1ccnc(OC2[C@H]3CC4C[C@H]2CN(C4)C3)c1.Cl. The van der Waals surface area contributed by atoms with Gasteiger partial charge in [-0.15, -0.1) is 12.4 Å². The number of aromatic nitrogens is 1. The molecular weight excluding hydrogens is 328 g/mol. The van der Waals surface area contributed by atoms with Gasteiger partial charge in [-0.2, -0.15) is 0 Å². The summed E-state index contributed by atoms with van der Waals surface area (Å²) in [6.45, 7) is 3.78. The third kappa shape index (κ3) is 2.50. The molecule has 4 heterocycles. The molecule has 3 nitrogen and oxygen atoms in total. The van der Waals surface area contributed by atoms with Gasteiger partial charge in [-0.05, 0) is 24.8 Å². The largest absolute Gasteiger partial charge is 0.474 e. The summed E-state index contributed by atoms with van der Waals surface area (Å²) in [6.07, 6.45) is 4.90. The lowest BCUT2D eigenvalue weighted by Gasteiger charge is -2.55. The zero-order valence-corrected chi connectivity index (χ0v) is 13.1. The second kappa shape index (κ2) is 5.23. The Balaban J connectivity index is 0.00000110. The molecule has 1 aromatic heterocycles. The van der Waals surface area contributed by atoms with Crippen LogP contribution in [0.5, 0.6) is 5.88 Å². The molecule has 3 saturated heterocycles. The highest BCUT2D eigenvalue weighted by Gasteiger charge is 2.48. The van der Waals surface area contributed by atoms with E-state index < -0.39 is 0 Å². The number of hydrogen-bond donors (Lipinski definition) is 0. The molecule has 0 spiro atoms. The lowest BCUT2D eigenvalue weighted by atomic mass is 9.66. The summed E-state index contributed by atoms with van der Waals surface area (Å²) < 4.78 is 7.25. The van der Waals surface area contributed by atoms with Gasteiger partial charge < -0.3 is 9.64 Å². The molecule has 0 amide bonds. The van der Waals surface area contributed by atoms with Gasteiger partial charge in [-0.1, -0.05) is 15.9 Å². The molecule has 4 bridgehead atoms. The summed E-state index contributed by atoms with van der Waals surface area (Å²) in [5, 5.41) is 0. The molecule has 4 aliphatic rings. The number of pyridine rings is 1. The van der Waals surface area contributed by atoms with Crippen molar-refractivity contribution >= 4 is 28.3 Å². The third-order valence-corrected chi connectivity index (χ3v) is 5.15. The molecule has 3 aliphatic heterocycles. The van der Waals surface area contributed by atoms with E-state index in [0.29, 0.717) is 6.10 Å². The number of halogens is 2. The van der Waals surface area contributed by atoms with Crippen molar-refractivity contribution in [2.24, 2.45) is 17.8 Å². The average Bonchev–Trinajstić information content (AvgIpc) is 2.33. The summed E-state index contributed by atoms with van der Waals surface area (Å²) in [4.78, 5) is 6.95. The van der Waals surface area contributed by atoms with Gasteiger partial charge in [-0.3, -0.25) is 0 Å². The quantitative estimate of drug-likeness (QED) is 0.824. The molecule has 19 heavy (non-hydrogen) atoms. The van der Waals surface area contributed by atoms with Crippen LogP contribution in [0.3, 0.4) is 0 Å². The molecular formula is C14H18BrClN2O. The Bertz CT molecular complexity index is 443. The van der Waals surface area contributed by atoms with Gasteiger partial charge in [0, 0.05) is 48.2 Å². The van der Waals surface area contributed by atoms with Gasteiger partial charge in [-0.25, -0.2) is 4.98 Å². The van der Waals surface area contributed by atoms with Crippen LogP contribution in [0.25, 0.3) is 0 Å². The van der Waals surface area contributed by atoms with E-state index >= 15 is 0 Å². The smallest absolute Gasteiger partial charge is 0.214 e. The maximum Gasteiger partial charge on any atom is 0.214 e. The second-order valence-electron chi connectivity index (χ2n) is 5.97. The molecule has 4 fully saturated rings. The highest BCUT2D eigenvalue weighted by Crippen LogP contribution is 2.44. The van der Waals surface area contributed by atoms with E-state index in [2.05, 4.69) is 25.8 Å². The van der Waals surface area contributed by atoms with Gasteiger partial charge in [0.2, 0.25) is 5.88 Å². The minimum atomic E-state index is 0. The van der Waals surface area contributed by atoms with Crippen molar-refractivity contribution < 1.29 is 4.74 Å². The fourth-order valence-corrected chi connectivity index (χ4v) is 4.46. The molecule has 2 atom stereocenters. The first-order chi connectivity index (χ1) is 8.78. The van der Waals surface area contributed by atoms with Gasteiger partial charge in [0.25, 0.3) is 0 Å². The predicted octanol–water partition coefficient (Wildman–Crippen LogP) is 2.98. The van der Waals surface area contributed by atoms with E-state index in [1.165, 1.54) is 32.5 Å². The van der Waals surface area contributed by atoms with E-state index in [1.807, 2.05) is 12.1 Å². The monoisotopic (exact) mass is 344 g/mol. The summed E-state index contributed by atoms with van der Waals surface area (Å²) in [6, 6.07) is 3.92. The normalized spacial score (nSPS) is 38.9. The van der Waals surface area contributed by atoms with E-state index in [0.717, 1.165) is 28.1 Å². The van der Waals surface area contributed by atoms with Crippen LogP contribution in [-0.2, 0) is 0 Å². The van der Waals surface area contributed by atoms with Gasteiger partial charge in [0.05, 0.1) is 0 Å². The molecule has 1 aliphatic carbocycles. The fourth-order valence-electron chi connectivity index (χ4n) is 4.15. The Morgan fingerprint density at radius 2 is 1.95 bits per heavy atom. The second-order valence-corrected chi connectivity index (χ2v) is 6.89. The zero-order chi connectivity index (χ0) is 12.1. The summed E-state index contributed by atoms with van der Waals surface area (Å²) >= 11 is 3.48. The maximum atomic E-state index is 6.20. The maximum absolute atomic E-state index is 6.20. The summed E-state index contributed by atoms with van der Waals surface area (Å²) in [7, 11) is 0. The van der Waals surface area contributed by atoms with Crippen LogP contribution < -0.4 is 4.74 Å². The Morgan fingerprint density at radius 3 is 2.58 bits per heavy atom. The standard InChI is InChI=1S/C14H17BrN2O.ClH/c15-12-1-2-16-13(5-12)18-14-10-3-9-4-11(14)8-17(6-9)7-10;/h1-2,5,9-11,14H,3-4,6-8H2;1H/t9?,10-,11-,14?;/m0./s1. The minimum Gasteiger partial charge on any atom is -0.474 e. The molecule has 0 radical (unpaired) electrons. The number of piperidine rings is 3. The fraction of sp³-hybridized carbons (Fsp3) is 0.643. The van der Waals surface area contributed by atoms with Crippen LogP contribution in [0, 0.1) is 17.8 Å². The van der Waals surface area contributed by atoms with Gasteiger partial charge >= 0.3 is 0 Å². The van der Waals surface area contributed by atoms with Crippen molar-refractivity contribution in [3.8, 4) is 5.88 Å². The molecule has 5 rings (SSSR count). The third-order valence-electron chi connectivity index (χ3n) is 4.66. The van der Waals surface area contributed by atoms with E-state index in [-0.39, 0.29) is 12.4 Å². The van der Waals surface area contributed by atoms with Gasteiger partial charge in [0.1, 0.15) is 6.10 Å². The van der Waals surface area contributed by atoms with Crippen molar-refractivity contribution in [2.45, 2.75) is 18.9 Å². The Morgan fingerprint density at radius 1 is 1.21 bits per heavy atom. The number of ether oxygens (including phenoxy) is 1. The molecule has 0 aromatic carbocycles.